The Bertz CT molecular complexity index is 362. The minimum absolute atomic E-state index is 0.748. The Kier molecular flexibility index (Phi) is 6.18. The average molecular weight is 262 g/mol. The molecule has 1 heterocycles. The van der Waals surface area contributed by atoms with Crippen LogP contribution in [0.2, 0.25) is 0 Å². The molecular formula is C16H26N2O. The molecule has 0 spiro atoms. The Morgan fingerprint density at radius 1 is 1.11 bits per heavy atom. The van der Waals surface area contributed by atoms with E-state index >= 15 is 0 Å². The van der Waals surface area contributed by atoms with Crippen LogP contribution in [0.15, 0.2) is 24.3 Å². The zero-order chi connectivity index (χ0) is 13.3. The molecule has 0 unspecified atom stereocenters. The van der Waals surface area contributed by atoms with Crippen LogP contribution in [0.5, 0.6) is 5.75 Å². The van der Waals surface area contributed by atoms with E-state index in [1.807, 2.05) is 6.07 Å². The second kappa shape index (κ2) is 8.18. The molecule has 0 aromatic heterocycles. The Morgan fingerprint density at radius 3 is 2.74 bits per heavy atom. The normalized spacial score (nSPS) is 16.5. The maximum Gasteiger partial charge on any atom is 0.119 e. The molecule has 19 heavy (non-hydrogen) atoms. The predicted octanol–water partition coefficient (Wildman–Crippen LogP) is 2.79. The molecule has 0 saturated carbocycles. The van der Waals surface area contributed by atoms with Crippen LogP contribution in [0.1, 0.15) is 37.7 Å². The lowest BCUT2D eigenvalue weighted by atomic mass is 10.1. The fourth-order valence-corrected chi connectivity index (χ4v) is 2.55. The van der Waals surface area contributed by atoms with E-state index in [1.165, 1.54) is 37.9 Å². The summed E-state index contributed by atoms with van der Waals surface area (Å²) in [5.41, 5.74) is 6.83. The summed E-state index contributed by atoms with van der Waals surface area (Å²) in [7, 11) is 0. The van der Waals surface area contributed by atoms with Crippen molar-refractivity contribution in [3.05, 3.63) is 29.8 Å². The Hall–Kier alpha value is -1.06. The van der Waals surface area contributed by atoms with Crippen molar-refractivity contribution in [2.75, 3.05) is 26.2 Å². The van der Waals surface area contributed by atoms with Crippen LogP contribution in [0.25, 0.3) is 0 Å². The highest BCUT2D eigenvalue weighted by atomic mass is 16.5. The average Bonchev–Trinajstić information content (AvgIpc) is 2.45. The van der Waals surface area contributed by atoms with Crippen LogP contribution in [-0.4, -0.2) is 31.1 Å². The van der Waals surface area contributed by atoms with Crippen molar-refractivity contribution in [1.82, 2.24) is 4.90 Å². The molecule has 0 bridgehead atoms. The summed E-state index contributed by atoms with van der Waals surface area (Å²) in [6, 6.07) is 8.51. The first kappa shape index (κ1) is 14.4. The standard InChI is InChI=1S/C16H26N2O/c17-9-2-5-12-19-16-8-6-7-15(13-16)14-18-10-3-1-4-11-18/h6-8,13H,1-5,9-12,14,17H2. The number of likely N-dealkylation sites (tertiary alicyclic amines) is 1. The Morgan fingerprint density at radius 2 is 1.95 bits per heavy atom. The van der Waals surface area contributed by atoms with E-state index in [2.05, 4.69) is 23.1 Å². The lowest BCUT2D eigenvalue weighted by Crippen LogP contribution is -2.29. The van der Waals surface area contributed by atoms with E-state index in [-0.39, 0.29) is 0 Å². The zero-order valence-electron chi connectivity index (χ0n) is 11.8. The van der Waals surface area contributed by atoms with E-state index < -0.39 is 0 Å². The van der Waals surface area contributed by atoms with Crippen molar-refractivity contribution < 1.29 is 4.74 Å². The minimum Gasteiger partial charge on any atom is -0.494 e. The molecule has 2 N–H and O–H groups in total. The molecular weight excluding hydrogens is 236 g/mol. The number of ether oxygens (including phenoxy) is 1. The van der Waals surface area contributed by atoms with E-state index in [4.69, 9.17) is 10.5 Å². The summed E-state index contributed by atoms with van der Waals surface area (Å²) in [5.74, 6) is 0.992. The first-order valence-electron chi connectivity index (χ1n) is 7.52. The molecule has 2 rings (SSSR count). The van der Waals surface area contributed by atoms with Crippen molar-refractivity contribution in [1.29, 1.82) is 0 Å². The molecule has 106 valence electrons. The van der Waals surface area contributed by atoms with Crippen molar-refractivity contribution in [3.8, 4) is 5.75 Å². The van der Waals surface area contributed by atoms with Gasteiger partial charge in [-0.05, 0) is 63.0 Å². The van der Waals surface area contributed by atoms with Gasteiger partial charge in [0.05, 0.1) is 6.61 Å². The fourth-order valence-electron chi connectivity index (χ4n) is 2.55. The minimum atomic E-state index is 0.748. The molecule has 1 aromatic rings. The summed E-state index contributed by atoms with van der Waals surface area (Å²) in [4.78, 5) is 2.54. The summed E-state index contributed by atoms with van der Waals surface area (Å²) in [5, 5.41) is 0. The Balaban J connectivity index is 1.80. The van der Waals surface area contributed by atoms with Crippen molar-refractivity contribution in [2.45, 2.75) is 38.6 Å². The van der Waals surface area contributed by atoms with Crippen LogP contribution in [0.4, 0.5) is 0 Å². The maximum atomic E-state index is 5.76. The van der Waals surface area contributed by atoms with Gasteiger partial charge in [-0.25, -0.2) is 0 Å². The molecule has 1 saturated heterocycles. The van der Waals surface area contributed by atoms with Crippen LogP contribution in [0.3, 0.4) is 0 Å². The van der Waals surface area contributed by atoms with Crippen molar-refractivity contribution in [3.63, 3.8) is 0 Å². The number of nitrogens with two attached hydrogens (primary N) is 1. The van der Waals surface area contributed by atoms with Gasteiger partial charge in [-0.3, -0.25) is 4.90 Å². The molecule has 3 nitrogen and oxygen atoms in total. The van der Waals surface area contributed by atoms with Gasteiger partial charge in [0.15, 0.2) is 0 Å². The summed E-state index contributed by atoms with van der Waals surface area (Å²) >= 11 is 0. The molecule has 0 radical (unpaired) electrons. The first-order valence-corrected chi connectivity index (χ1v) is 7.52. The third kappa shape index (κ3) is 5.21. The second-order valence-electron chi connectivity index (χ2n) is 5.33. The van der Waals surface area contributed by atoms with Crippen LogP contribution in [0, 0.1) is 0 Å². The van der Waals surface area contributed by atoms with E-state index in [1.54, 1.807) is 0 Å². The largest absolute Gasteiger partial charge is 0.494 e. The topological polar surface area (TPSA) is 38.5 Å². The van der Waals surface area contributed by atoms with Gasteiger partial charge >= 0.3 is 0 Å². The number of nitrogens with zero attached hydrogens (tertiary/aromatic N) is 1. The van der Waals surface area contributed by atoms with Gasteiger partial charge in [-0.2, -0.15) is 0 Å². The molecule has 3 heteroatoms. The summed E-state index contributed by atoms with van der Waals surface area (Å²) in [6.07, 6.45) is 6.14. The molecule has 1 fully saturated rings. The molecule has 0 atom stereocenters. The van der Waals surface area contributed by atoms with Crippen LogP contribution in [-0.2, 0) is 6.54 Å². The SMILES string of the molecule is NCCCCOc1cccc(CN2CCCCC2)c1. The third-order valence-electron chi connectivity index (χ3n) is 3.62. The van der Waals surface area contributed by atoms with Gasteiger partial charge in [0.25, 0.3) is 0 Å². The van der Waals surface area contributed by atoms with Crippen LogP contribution >= 0.6 is 0 Å². The number of unbranched alkanes of at least 4 members (excludes halogenated alkanes) is 1. The van der Waals surface area contributed by atoms with Crippen molar-refractivity contribution in [2.24, 2.45) is 5.73 Å². The first-order chi connectivity index (χ1) is 9.38. The zero-order valence-corrected chi connectivity index (χ0v) is 11.8. The van der Waals surface area contributed by atoms with E-state index in [0.29, 0.717) is 0 Å². The number of rotatable bonds is 7. The number of piperidine rings is 1. The highest BCUT2D eigenvalue weighted by Crippen LogP contribution is 2.17. The lowest BCUT2D eigenvalue weighted by molar-refractivity contribution is 0.220. The molecule has 1 aromatic carbocycles. The van der Waals surface area contributed by atoms with Gasteiger partial charge in [0.2, 0.25) is 0 Å². The molecule has 0 amide bonds. The highest BCUT2D eigenvalue weighted by molar-refractivity contribution is 5.28. The second-order valence-corrected chi connectivity index (χ2v) is 5.33. The highest BCUT2D eigenvalue weighted by Gasteiger charge is 2.10. The monoisotopic (exact) mass is 262 g/mol. The maximum absolute atomic E-state index is 5.76. The number of hydrogen-bond donors (Lipinski definition) is 1. The molecule has 0 aliphatic carbocycles. The molecule has 1 aliphatic heterocycles. The number of hydrogen-bond acceptors (Lipinski definition) is 3. The van der Waals surface area contributed by atoms with Gasteiger partial charge in [-0.15, -0.1) is 0 Å². The molecule has 1 aliphatic rings. The number of benzene rings is 1. The predicted molar refractivity (Wildman–Crippen MR) is 79.4 cm³/mol. The third-order valence-corrected chi connectivity index (χ3v) is 3.62. The van der Waals surface area contributed by atoms with E-state index in [0.717, 1.165) is 38.3 Å². The lowest BCUT2D eigenvalue weighted by Gasteiger charge is -2.26. The van der Waals surface area contributed by atoms with Gasteiger partial charge in [0, 0.05) is 6.54 Å². The summed E-state index contributed by atoms with van der Waals surface area (Å²) in [6.45, 7) is 5.05. The van der Waals surface area contributed by atoms with Crippen molar-refractivity contribution >= 4 is 0 Å². The van der Waals surface area contributed by atoms with Gasteiger partial charge in [-0.1, -0.05) is 18.6 Å². The smallest absolute Gasteiger partial charge is 0.119 e. The quantitative estimate of drug-likeness (QED) is 0.768. The van der Waals surface area contributed by atoms with E-state index in [9.17, 15) is 0 Å². The fraction of sp³-hybridized carbons (Fsp3) is 0.625. The van der Waals surface area contributed by atoms with Crippen LogP contribution < -0.4 is 10.5 Å². The summed E-state index contributed by atoms with van der Waals surface area (Å²) < 4.78 is 5.76. The van der Waals surface area contributed by atoms with Gasteiger partial charge < -0.3 is 10.5 Å². The Labute approximate surface area is 116 Å². The van der Waals surface area contributed by atoms with Gasteiger partial charge in [0.1, 0.15) is 5.75 Å².